The van der Waals surface area contributed by atoms with E-state index in [2.05, 4.69) is 10.3 Å². The Morgan fingerprint density at radius 3 is 2.45 bits per heavy atom. The molecule has 2 aromatic rings. The molecular formula is C17H18N2O3. The van der Waals surface area contributed by atoms with Crippen LogP contribution in [0.15, 0.2) is 54.2 Å². The highest BCUT2D eigenvalue weighted by atomic mass is 16.5. The lowest BCUT2D eigenvalue weighted by atomic mass is 10.3. The molecule has 0 fully saturated rings. The zero-order chi connectivity index (χ0) is 15.9. The minimum absolute atomic E-state index is 0.180. The standard InChI is InChI=1S/C17H18N2O3/c1-12(2)10-16(20)19-13-8-9-17(18-11-13)22-15-7-5-4-6-14(15)21-3/h4-11H,1-3H3,(H,19,20). The number of aromatic nitrogens is 1. The number of hydrogen-bond donors (Lipinski definition) is 1. The van der Waals surface area contributed by atoms with Crippen LogP contribution in [0.4, 0.5) is 5.69 Å². The van der Waals surface area contributed by atoms with Gasteiger partial charge in [0, 0.05) is 12.1 Å². The monoisotopic (exact) mass is 298 g/mol. The van der Waals surface area contributed by atoms with Crippen LogP contribution in [-0.2, 0) is 4.79 Å². The lowest BCUT2D eigenvalue weighted by Crippen LogP contribution is -2.08. The average Bonchev–Trinajstić information content (AvgIpc) is 2.49. The molecule has 0 aliphatic rings. The van der Waals surface area contributed by atoms with Crippen LogP contribution in [0.5, 0.6) is 17.4 Å². The molecule has 1 N–H and O–H groups in total. The van der Waals surface area contributed by atoms with Crippen molar-refractivity contribution in [3.8, 4) is 17.4 Å². The minimum atomic E-state index is -0.180. The Balaban J connectivity index is 2.06. The first-order chi connectivity index (χ1) is 10.6. The molecule has 114 valence electrons. The molecule has 2 rings (SSSR count). The van der Waals surface area contributed by atoms with Gasteiger partial charge >= 0.3 is 0 Å². The van der Waals surface area contributed by atoms with E-state index in [4.69, 9.17) is 9.47 Å². The number of para-hydroxylation sites is 2. The molecule has 22 heavy (non-hydrogen) atoms. The number of nitrogens with zero attached hydrogens (tertiary/aromatic N) is 1. The molecule has 0 bridgehead atoms. The van der Waals surface area contributed by atoms with Gasteiger partial charge in [0.25, 0.3) is 0 Å². The third kappa shape index (κ3) is 4.34. The second kappa shape index (κ2) is 7.26. The lowest BCUT2D eigenvalue weighted by molar-refractivity contribution is -0.111. The number of anilines is 1. The summed E-state index contributed by atoms with van der Waals surface area (Å²) in [4.78, 5) is 15.8. The van der Waals surface area contributed by atoms with Crippen LogP contribution < -0.4 is 14.8 Å². The van der Waals surface area contributed by atoms with Crippen molar-refractivity contribution in [3.05, 3.63) is 54.2 Å². The van der Waals surface area contributed by atoms with Crippen molar-refractivity contribution in [3.63, 3.8) is 0 Å². The van der Waals surface area contributed by atoms with Crippen LogP contribution in [0.2, 0.25) is 0 Å². The van der Waals surface area contributed by atoms with E-state index < -0.39 is 0 Å². The smallest absolute Gasteiger partial charge is 0.248 e. The fourth-order valence-electron chi connectivity index (χ4n) is 1.77. The van der Waals surface area contributed by atoms with Gasteiger partial charge in [-0.3, -0.25) is 4.79 Å². The van der Waals surface area contributed by atoms with E-state index in [1.807, 2.05) is 32.0 Å². The SMILES string of the molecule is COc1ccccc1Oc1ccc(NC(=O)C=C(C)C)cn1. The number of carbonyl (C=O) groups excluding carboxylic acids is 1. The molecule has 0 spiro atoms. The van der Waals surface area contributed by atoms with Crippen molar-refractivity contribution in [1.29, 1.82) is 0 Å². The second-order valence-electron chi connectivity index (χ2n) is 4.85. The van der Waals surface area contributed by atoms with Gasteiger partial charge in [-0.1, -0.05) is 17.7 Å². The molecular weight excluding hydrogens is 280 g/mol. The van der Waals surface area contributed by atoms with Gasteiger partial charge in [-0.05, 0) is 32.0 Å². The van der Waals surface area contributed by atoms with E-state index >= 15 is 0 Å². The number of amides is 1. The largest absolute Gasteiger partial charge is 0.493 e. The Morgan fingerprint density at radius 2 is 1.86 bits per heavy atom. The van der Waals surface area contributed by atoms with Gasteiger partial charge in [-0.2, -0.15) is 0 Å². The van der Waals surface area contributed by atoms with Gasteiger partial charge in [-0.15, -0.1) is 0 Å². The number of rotatable bonds is 5. The number of ether oxygens (including phenoxy) is 2. The van der Waals surface area contributed by atoms with Gasteiger partial charge < -0.3 is 14.8 Å². The average molecular weight is 298 g/mol. The van der Waals surface area contributed by atoms with Crippen molar-refractivity contribution in [2.24, 2.45) is 0 Å². The molecule has 1 amide bonds. The Morgan fingerprint density at radius 1 is 1.14 bits per heavy atom. The molecule has 0 unspecified atom stereocenters. The fourth-order valence-corrected chi connectivity index (χ4v) is 1.77. The molecule has 1 aromatic heterocycles. The maximum atomic E-state index is 11.6. The van der Waals surface area contributed by atoms with Crippen LogP contribution in [0.25, 0.3) is 0 Å². The third-order valence-electron chi connectivity index (χ3n) is 2.71. The Kier molecular flexibility index (Phi) is 5.14. The summed E-state index contributed by atoms with van der Waals surface area (Å²) >= 11 is 0. The van der Waals surface area contributed by atoms with Crippen molar-refractivity contribution < 1.29 is 14.3 Å². The first kappa shape index (κ1) is 15.6. The molecule has 0 atom stereocenters. The number of carbonyl (C=O) groups is 1. The number of hydrogen-bond acceptors (Lipinski definition) is 4. The van der Waals surface area contributed by atoms with Crippen LogP contribution in [0.1, 0.15) is 13.8 Å². The molecule has 0 aliphatic carbocycles. The molecule has 0 aliphatic heterocycles. The molecule has 1 heterocycles. The number of nitrogens with one attached hydrogen (secondary N) is 1. The summed E-state index contributed by atoms with van der Waals surface area (Å²) in [5.41, 5.74) is 1.54. The van der Waals surface area contributed by atoms with E-state index in [-0.39, 0.29) is 5.91 Å². The molecule has 5 nitrogen and oxygen atoms in total. The highest BCUT2D eigenvalue weighted by Gasteiger charge is 2.06. The first-order valence-corrected chi connectivity index (χ1v) is 6.81. The molecule has 0 radical (unpaired) electrons. The Hall–Kier alpha value is -2.82. The molecule has 0 saturated carbocycles. The summed E-state index contributed by atoms with van der Waals surface area (Å²) in [7, 11) is 1.58. The summed E-state index contributed by atoms with van der Waals surface area (Å²) in [5, 5.41) is 2.73. The summed E-state index contributed by atoms with van der Waals surface area (Å²) in [5.74, 6) is 1.45. The molecule has 5 heteroatoms. The summed E-state index contributed by atoms with van der Waals surface area (Å²) in [6.07, 6.45) is 3.07. The predicted molar refractivity (Wildman–Crippen MR) is 85.4 cm³/mol. The molecule has 1 aromatic carbocycles. The lowest BCUT2D eigenvalue weighted by Gasteiger charge is -2.09. The van der Waals surface area contributed by atoms with Gasteiger partial charge in [0.15, 0.2) is 11.5 Å². The number of methoxy groups -OCH3 is 1. The van der Waals surface area contributed by atoms with Gasteiger partial charge in [0.2, 0.25) is 11.8 Å². The van der Waals surface area contributed by atoms with E-state index in [9.17, 15) is 4.79 Å². The normalized spacial score (nSPS) is 9.77. The van der Waals surface area contributed by atoms with Gasteiger partial charge in [-0.25, -0.2) is 4.98 Å². The fraction of sp³-hybridized carbons (Fsp3) is 0.176. The molecule has 0 saturated heterocycles. The van der Waals surface area contributed by atoms with E-state index in [1.54, 1.807) is 31.5 Å². The topological polar surface area (TPSA) is 60.5 Å². The summed E-state index contributed by atoms with van der Waals surface area (Å²) in [6, 6.07) is 10.7. The summed E-state index contributed by atoms with van der Waals surface area (Å²) in [6.45, 7) is 3.73. The number of benzene rings is 1. The zero-order valence-corrected chi connectivity index (χ0v) is 12.8. The maximum Gasteiger partial charge on any atom is 0.248 e. The van der Waals surface area contributed by atoms with Crippen LogP contribution in [0, 0.1) is 0 Å². The van der Waals surface area contributed by atoms with Crippen molar-refractivity contribution in [1.82, 2.24) is 4.98 Å². The number of allylic oxidation sites excluding steroid dienone is 1. The van der Waals surface area contributed by atoms with Crippen LogP contribution >= 0.6 is 0 Å². The third-order valence-corrected chi connectivity index (χ3v) is 2.71. The minimum Gasteiger partial charge on any atom is -0.493 e. The van der Waals surface area contributed by atoms with Gasteiger partial charge in [0.05, 0.1) is 19.0 Å². The van der Waals surface area contributed by atoms with Crippen LogP contribution in [0.3, 0.4) is 0 Å². The summed E-state index contributed by atoms with van der Waals surface area (Å²) < 4.78 is 10.9. The second-order valence-corrected chi connectivity index (χ2v) is 4.85. The first-order valence-electron chi connectivity index (χ1n) is 6.81. The van der Waals surface area contributed by atoms with Crippen molar-refractivity contribution in [2.75, 3.05) is 12.4 Å². The Labute approximate surface area is 129 Å². The highest BCUT2D eigenvalue weighted by Crippen LogP contribution is 2.30. The van der Waals surface area contributed by atoms with E-state index in [0.29, 0.717) is 23.1 Å². The van der Waals surface area contributed by atoms with Crippen molar-refractivity contribution >= 4 is 11.6 Å². The van der Waals surface area contributed by atoms with Crippen molar-refractivity contribution in [2.45, 2.75) is 13.8 Å². The predicted octanol–water partition coefficient (Wildman–Crippen LogP) is 3.79. The zero-order valence-electron chi connectivity index (χ0n) is 12.8. The van der Waals surface area contributed by atoms with E-state index in [1.165, 1.54) is 6.08 Å². The van der Waals surface area contributed by atoms with Crippen LogP contribution in [-0.4, -0.2) is 18.0 Å². The maximum absolute atomic E-state index is 11.6. The Bertz CT molecular complexity index is 675. The highest BCUT2D eigenvalue weighted by molar-refractivity contribution is 5.99. The van der Waals surface area contributed by atoms with Gasteiger partial charge in [0.1, 0.15) is 0 Å². The quantitative estimate of drug-likeness (QED) is 0.853. The van der Waals surface area contributed by atoms with E-state index in [0.717, 1.165) is 5.57 Å². The number of pyridine rings is 1.